The highest BCUT2D eigenvalue weighted by Crippen LogP contribution is 2.38. The second kappa shape index (κ2) is 18.3. The van der Waals surface area contributed by atoms with Gasteiger partial charge in [0.1, 0.15) is 41.8 Å². The number of nitrogens with two attached hydrogens (primary N) is 3. The number of hydrogen-bond donors (Lipinski definition) is 5. The molecular weight excluding hydrogens is 833 g/mol. The Labute approximate surface area is 377 Å². The fraction of sp³-hybridized carbons (Fsp3) is 0.426. The Morgan fingerprint density at radius 1 is 0.754 bits per heavy atom. The number of hydrogen-bond acceptors (Lipinski definition) is 14. The van der Waals surface area contributed by atoms with Crippen LogP contribution in [0.3, 0.4) is 0 Å². The molecule has 0 aromatic heterocycles. The van der Waals surface area contributed by atoms with Crippen molar-refractivity contribution < 1.29 is 38.6 Å². The Hall–Kier alpha value is -6.95. The normalized spacial score (nSPS) is 22.9. The number of para-hydroxylation sites is 1. The van der Waals surface area contributed by atoms with Crippen molar-refractivity contribution in [3.63, 3.8) is 0 Å². The summed E-state index contributed by atoms with van der Waals surface area (Å²) in [6, 6.07) is 19.4. The largest absolute Gasteiger partial charge is 0.507 e. The van der Waals surface area contributed by atoms with Crippen molar-refractivity contribution in [2.45, 2.75) is 62.8 Å². The summed E-state index contributed by atoms with van der Waals surface area (Å²) >= 11 is 0. The molecule has 3 unspecified atom stereocenters. The molecule has 18 heteroatoms. The first kappa shape index (κ1) is 43.3. The third kappa shape index (κ3) is 8.94. The molecular formula is C47H56N10O8. The van der Waals surface area contributed by atoms with E-state index < -0.39 is 29.7 Å². The topological polar surface area (TPSA) is 234 Å². The van der Waals surface area contributed by atoms with Crippen molar-refractivity contribution in [3.05, 3.63) is 101 Å². The van der Waals surface area contributed by atoms with Gasteiger partial charge in [-0.1, -0.05) is 18.2 Å². The van der Waals surface area contributed by atoms with Gasteiger partial charge in [-0.15, -0.1) is 0 Å². The molecule has 18 nitrogen and oxygen atoms in total. The molecule has 65 heavy (non-hydrogen) atoms. The highest BCUT2D eigenvalue weighted by Gasteiger charge is 2.45. The summed E-state index contributed by atoms with van der Waals surface area (Å²) in [6.07, 6.45) is 5.03. The van der Waals surface area contributed by atoms with Crippen molar-refractivity contribution in [2.24, 2.45) is 17.2 Å². The zero-order chi connectivity index (χ0) is 45.4. The highest BCUT2D eigenvalue weighted by atomic mass is 16.5. The van der Waals surface area contributed by atoms with Gasteiger partial charge in [0.2, 0.25) is 11.8 Å². The fourth-order valence-corrected chi connectivity index (χ4v) is 10.1. The zero-order valence-electron chi connectivity index (χ0n) is 36.3. The third-order valence-corrected chi connectivity index (χ3v) is 13.5. The first-order valence-corrected chi connectivity index (χ1v) is 22.5. The minimum absolute atomic E-state index is 0.0213. The summed E-state index contributed by atoms with van der Waals surface area (Å²) in [5.74, 6) is -0.680. The molecule has 0 radical (unpaired) electrons. The maximum absolute atomic E-state index is 13.5. The number of carbonyl (C=O) groups excluding carboxylic acids is 5. The molecule has 5 fully saturated rings. The summed E-state index contributed by atoms with van der Waals surface area (Å²) in [4.78, 5) is 75.6. The number of imide groups is 2. The van der Waals surface area contributed by atoms with Gasteiger partial charge in [-0.25, -0.2) is 4.79 Å². The number of ether oxygens (including phenoxy) is 2. The molecule has 2 bridgehead atoms. The molecule has 9 rings (SSSR count). The number of fused-ring (bicyclic) bond motifs is 3. The number of nitrogens with zero attached hydrogens (tertiary/aromatic N) is 6. The van der Waals surface area contributed by atoms with Gasteiger partial charge in [0.15, 0.2) is 0 Å². The van der Waals surface area contributed by atoms with Gasteiger partial charge < -0.3 is 51.4 Å². The first-order chi connectivity index (χ1) is 31.4. The molecule has 3 aromatic carbocycles. The number of rotatable bonds is 11. The Morgan fingerprint density at radius 2 is 1.46 bits per heavy atom. The lowest BCUT2D eigenvalue weighted by molar-refractivity contribution is -0.136. The number of piperazine rings is 2. The van der Waals surface area contributed by atoms with Crippen LogP contribution in [0, 0.1) is 0 Å². The molecule has 0 saturated carbocycles. The Kier molecular flexibility index (Phi) is 12.2. The van der Waals surface area contributed by atoms with Crippen molar-refractivity contribution in [1.82, 2.24) is 29.8 Å². The Morgan fingerprint density at radius 3 is 2.17 bits per heavy atom. The van der Waals surface area contributed by atoms with Gasteiger partial charge in [0.05, 0.1) is 16.8 Å². The monoisotopic (exact) mass is 888 g/mol. The summed E-state index contributed by atoms with van der Waals surface area (Å²) in [6.45, 7) is 6.53. The minimum Gasteiger partial charge on any atom is -0.507 e. The quantitative estimate of drug-likeness (QED) is 0.137. The summed E-state index contributed by atoms with van der Waals surface area (Å²) in [5, 5.41) is 12.5. The smallest absolute Gasteiger partial charge is 0.320 e. The van der Waals surface area contributed by atoms with Crippen molar-refractivity contribution in [2.75, 3.05) is 70.4 Å². The molecule has 3 aromatic rings. The third-order valence-electron chi connectivity index (χ3n) is 13.5. The molecule has 6 heterocycles. The van der Waals surface area contributed by atoms with Crippen LogP contribution in [-0.4, -0.2) is 149 Å². The van der Waals surface area contributed by atoms with Crippen LogP contribution in [0.5, 0.6) is 17.2 Å². The van der Waals surface area contributed by atoms with Crippen LogP contribution in [0.4, 0.5) is 10.5 Å². The predicted octanol–water partition coefficient (Wildman–Crippen LogP) is 2.19. The van der Waals surface area contributed by atoms with Crippen LogP contribution >= 0.6 is 0 Å². The number of phenols is 1. The maximum atomic E-state index is 13.5. The molecule has 5 saturated heterocycles. The molecule has 6 amide bonds. The van der Waals surface area contributed by atoms with Crippen LogP contribution in [0.2, 0.25) is 0 Å². The number of amides is 6. The highest BCUT2D eigenvalue weighted by molar-refractivity contribution is 6.23. The number of urea groups is 1. The number of phenolic OH excluding ortho intramolecular Hbond substituents is 1. The molecule has 0 spiro atoms. The van der Waals surface area contributed by atoms with Crippen molar-refractivity contribution >= 4 is 41.0 Å². The Balaban J connectivity index is 0.706. The number of likely N-dealkylation sites (tertiary alicyclic amines) is 2. The van der Waals surface area contributed by atoms with E-state index in [1.165, 1.54) is 0 Å². The van der Waals surface area contributed by atoms with Crippen LogP contribution in [-0.2, 0) is 9.59 Å². The second-order valence-corrected chi connectivity index (χ2v) is 17.6. The van der Waals surface area contributed by atoms with E-state index in [1.54, 1.807) is 42.5 Å². The van der Waals surface area contributed by atoms with E-state index in [2.05, 4.69) is 32.1 Å². The molecule has 0 aliphatic carbocycles. The fourth-order valence-electron chi connectivity index (χ4n) is 10.1. The standard InChI is InChI=1S/C47H56N10O8/c48-38(36-6-1-2-7-41(36)58)26-40(43(49)50)55-27-30-8-9-31(28-55)56(30)29-4-3-5-33(24-29)64-23-22-52-18-20-54(21-19-52)47(63)53-16-14-32(15-17-53)65-34-10-11-35-37(25-34)46(62)57(45(35)61)39-12-13-42(59)51-44(39)60/h1-7,10-11,24-26,30-32,39,58H,8-9,12-23,27-28,48-50H2,(H,51,59,60)/b38-26-. The summed E-state index contributed by atoms with van der Waals surface area (Å²) < 4.78 is 12.5. The number of anilines is 1. The van der Waals surface area contributed by atoms with Gasteiger partial charge in [-0.3, -0.25) is 34.3 Å². The lowest BCUT2D eigenvalue weighted by Crippen LogP contribution is -2.55. The van der Waals surface area contributed by atoms with Crippen LogP contribution in [0.1, 0.15) is 64.8 Å². The Bertz CT molecular complexity index is 2410. The molecule has 3 atom stereocenters. The predicted molar refractivity (Wildman–Crippen MR) is 240 cm³/mol. The number of aromatic hydroxyl groups is 1. The van der Waals surface area contributed by atoms with Gasteiger partial charge in [-0.05, 0) is 67.8 Å². The number of nitrogens with one attached hydrogen (secondary N) is 1. The van der Waals surface area contributed by atoms with E-state index in [-0.39, 0.29) is 59.8 Å². The van der Waals surface area contributed by atoms with Crippen molar-refractivity contribution in [3.8, 4) is 17.2 Å². The first-order valence-electron chi connectivity index (χ1n) is 22.5. The molecule has 6 aliphatic heterocycles. The average Bonchev–Trinajstić information content (AvgIpc) is 3.71. The summed E-state index contributed by atoms with van der Waals surface area (Å²) in [5.41, 5.74) is 21.9. The molecule has 342 valence electrons. The van der Waals surface area contributed by atoms with E-state index >= 15 is 0 Å². The molecule has 6 aliphatic rings. The van der Waals surface area contributed by atoms with Crippen LogP contribution in [0.25, 0.3) is 5.70 Å². The number of allylic oxidation sites excluding steroid dienone is 1. The van der Waals surface area contributed by atoms with E-state index in [1.807, 2.05) is 28.0 Å². The minimum atomic E-state index is -1.03. The van der Waals surface area contributed by atoms with E-state index in [0.717, 1.165) is 61.9 Å². The zero-order valence-corrected chi connectivity index (χ0v) is 36.3. The average molecular weight is 889 g/mol. The number of piperidine rings is 2. The van der Waals surface area contributed by atoms with E-state index in [9.17, 15) is 29.1 Å². The summed E-state index contributed by atoms with van der Waals surface area (Å²) in [7, 11) is 0. The molecule has 8 N–H and O–H groups in total. The maximum Gasteiger partial charge on any atom is 0.320 e. The number of carbonyl (C=O) groups is 5. The van der Waals surface area contributed by atoms with E-state index in [4.69, 9.17) is 26.7 Å². The van der Waals surface area contributed by atoms with Gasteiger partial charge >= 0.3 is 6.03 Å². The SMILES string of the molecule is NC(N)=C(/C=C(\N)c1ccccc1O)N1CC2CCC(C1)N2c1cccc(OCCN2CCN(C(=O)N3CCC(Oc4ccc5c(c4)C(=O)N(C4CCC(=O)NC4=O)C5=O)CC3)CC2)c1. The van der Waals surface area contributed by atoms with Crippen LogP contribution < -0.4 is 36.9 Å². The lowest BCUT2D eigenvalue weighted by atomic mass is 10.0. The van der Waals surface area contributed by atoms with Gasteiger partial charge in [-0.2, -0.15) is 0 Å². The lowest BCUT2D eigenvalue weighted by Gasteiger charge is -2.44. The van der Waals surface area contributed by atoms with Gasteiger partial charge in [0, 0.05) is 113 Å². The number of benzene rings is 3. The van der Waals surface area contributed by atoms with Crippen molar-refractivity contribution in [1.29, 1.82) is 0 Å². The van der Waals surface area contributed by atoms with E-state index in [0.29, 0.717) is 68.3 Å². The second-order valence-electron chi connectivity index (χ2n) is 17.6. The van der Waals surface area contributed by atoms with Crippen LogP contribution in [0.15, 0.2) is 84.3 Å². The van der Waals surface area contributed by atoms with Gasteiger partial charge in [0.25, 0.3) is 11.8 Å².